The van der Waals surface area contributed by atoms with Crippen molar-refractivity contribution in [2.75, 3.05) is 7.05 Å². The van der Waals surface area contributed by atoms with Gasteiger partial charge in [-0.1, -0.05) is 30.3 Å². The average Bonchev–Trinajstić information content (AvgIpc) is 3.03. The highest BCUT2D eigenvalue weighted by molar-refractivity contribution is 7.89. The number of nitrogens with one attached hydrogen (secondary N) is 2. The van der Waals surface area contributed by atoms with E-state index in [0.29, 0.717) is 5.82 Å². The van der Waals surface area contributed by atoms with E-state index in [1.807, 2.05) is 24.3 Å². The van der Waals surface area contributed by atoms with Gasteiger partial charge in [0.25, 0.3) is 0 Å². The Morgan fingerprint density at radius 2 is 1.81 bits per heavy atom. The second kappa shape index (κ2) is 7.27. The number of hydrogen-bond donors (Lipinski definition) is 2. The summed E-state index contributed by atoms with van der Waals surface area (Å²) < 4.78 is 27.1. The fraction of sp³-hybridized carbons (Fsp3) is 0.222. The van der Waals surface area contributed by atoms with Gasteiger partial charge in [-0.05, 0) is 31.2 Å². The van der Waals surface area contributed by atoms with Crippen LogP contribution in [0.1, 0.15) is 12.7 Å². The van der Waals surface area contributed by atoms with Crippen LogP contribution < -0.4 is 4.72 Å². The average molecular weight is 372 g/mol. The van der Waals surface area contributed by atoms with Gasteiger partial charge in [0.05, 0.1) is 28.5 Å². The third kappa shape index (κ3) is 3.92. The second-order valence-electron chi connectivity index (χ2n) is 6.05. The fourth-order valence-corrected chi connectivity index (χ4v) is 3.88. The Morgan fingerprint density at radius 1 is 1.15 bits per heavy atom. The molecule has 0 fully saturated rings. The molecule has 7 nitrogen and oxygen atoms in total. The number of imidazole rings is 1. The molecule has 0 aliphatic rings. The summed E-state index contributed by atoms with van der Waals surface area (Å²) in [5, 5.41) is 0. The summed E-state index contributed by atoms with van der Waals surface area (Å²) in [7, 11) is -2.14. The molecule has 0 aliphatic carbocycles. The molecule has 1 heterocycles. The Labute approximate surface area is 152 Å². The number of sulfonamides is 1. The van der Waals surface area contributed by atoms with Crippen LogP contribution in [-0.2, 0) is 21.4 Å². The lowest BCUT2D eigenvalue weighted by molar-refractivity contribution is -0.131. The van der Waals surface area contributed by atoms with Crippen LogP contribution >= 0.6 is 0 Å². The summed E-state index contributed by atoms with van der Waals surface area (Å²) >= 11 is 0. The number of aromatic nitrogens is 2. The van der Waals surface area contributed by atoms with E-state index in [0.717, 1.165) is 11.0 Å². The minimum Gasteiger partial charge on any atom is -0.340 e. The van der Waals surface area contributed by atoms with Gasteiger partial charge in [-0.3, -0.25) is 4.79 Å². The third-order valence-electron chi connectivity index (χ3n) is 3.96. The third-order valence-corrected chi connectivity index (χ3v) is 5.51. The minimum absolute atomic E-state index is 0.125. The number of rotatable bonds is 6. The van der Waals surface area contributed by atoms with Crippen molar-refractivity contribution in [3.63, 3.8) is 0 Å². The first kappa shape index (κ1) is 18.1. The summed E-state index contributed by atoms with van der Waals surface area (Å²) in [4.78, 5) is 21.7. The molecule has 2 aromatic carbocycles. The van der Waals surface area contributed by atoms with Crippen LogP contribution in [0.3, 0.4) is 0 Å². The molecule has 1 atom stereocenters. The van der Waals surface area contributed by atoms with E-state index >= 15 is 0 Å². The van der Waals surface area contributed by atoms with Gasteiger partial charge in [0.2, 0.25) is 15.9 Å². The number of benzene rings is 2. The quantitative estimate of drug-likeness (QED) is 0.691. The minimum atomic E-state index is -3.75. The molecule has 1 aromatic heterocycles. The van der Waals surface area contributed by atoms with Gasteiger partial charge in [0.1, 0.15) is 5.82 Å². The van der Waals surface area contributed by atoms with Crippen molar-refractivity contribution >= 4 is 27.0 Å². The highest BCUT2D eigenvalue weighted by atomic mass is 32.2. The predicted molar refractivity (Wildman–Crippen MR) is 98.8 cm³/mol. The Kier molecular flexibility index (Phi) is 5.06. The highest BCUT2D eigenvalue weighted by Crippen LogP contribution is 2.12. The van der Waals surface area contributed by atoms with Gasteiger partial charge in [-0.2, -0.15) is 4.72 Å². The van der Waals surface area contributed by atoms with Gasteiger partial charge >= 0.3 is 0 Å². The number of aromatic amines is 1. The van der Waals surface area contributed by atoms with Gasteiger partial charge in [0, 0.05) is 7.05 Å². The van der Waals surface area contributed by atoms with E-state index in [2.05, 4.69) is 14.7 Å². The number of para-hydroxylation sites is 2. The number of amides is 1. The Hall–Kier alpha value is -2.71. The van der Waals surface area contributed by atoms with Gasteiger partial charge in [-0.15, -0.1) is 0 Å². The van der Waals surface area contributed by atoms with Crippen LogP contribution in [-0.4, -0.2) is 42.3 Å². The topological polar surface area (TPSA) is 95.2 Å². The number of H-pyrrole nitrogens is 1. The summed E-state index contributed by atoms with van der Waals surface area (Å²) in [5.74, 6) is 0.296. The van der Waals surface area contributed by atoms with Crippen LogP contribution in [0.25, 0.3) is 11.0 Å². The smallest absolute Gasteiger partial charge is 0.241 e. The van der Waals surface area contributed by atoms with Crippen LogP contribution in [0, 0.1) is 0 Å². The summed E-state index contributed by atoms with van der Waals surface area (Å²) in [6.45, 7) is 1.78. The zero-order chi connectivity index (χ0) is 18.7. The summed E-state index contributed by atoms with van der Waals surface area (Å²) in [6, 6.07) is 14.7. The summed E-state index contributed by atoms with van der Waals surface area (Å²) in [6.07, 6.45) is 0. The Balaban J connectivity index is 1.67. The van der Waals surface area contributed by atoms with Crippen molar-refractivity contribution in [1.82, 2.24) is 19.6 Å². The first-order chi connectivity index (χ1) is 12.4. The lowest BCUT2D eigenvalue weighted by Gasteiger charge is -2.21. The first-order valence-electron chi connectivity index (χ1n) is 8.13. The standard InChI is InChI=1S/C18H20N4O3S/c1-13(21-26(24,25)14-8-4-3-5-9-14)18(23)22(2)12-17-19-15-10-6-7-11-16(15)20-17/h3-11,13,21H,12H2,1-2H3,(H,19,20)/t13-/m0/s1. The Morgan fingerprint density at radius 3 is 2.50 bits per heavy atom. The number of nitrogens with zero attached hydrogens (tertiary/aromatic N) is 2. The van der Waals surface area contributed by atoms with Gasteiger partial charge in [0.15, 0.2) is 0 Å². The van der Waals surface area contributed by atoms with Crippen LogP contribution in [0.2, 0.25) is 0 Å². The number of carbonyl (C=O) groups is 1. The van der Waals surface area contributed by atoms with E-state index in [1.165, 1.54) is 24.0 Å². The van der Waals surface area contributed by atoms with Gasteiger partial charge in [-0.25, -0.2) is 13.4 Å². The molecule has 26 heavy (non-hydrogen) atoms. The molecule has 3 aromatic rings. The highest BCUT2D eigenvalue weighted by Gasteiger charge is 2.24. The largest absolute Gasteiger partial charge is 0.340 e. The van der Waals surface area contributed by atoms with E-state index in [-0.39, 0.29) is 17.3 Å². The lowest BCUT2D eigenvalue weighted by Crippen LogP contribution is -2.45. The number of likely N-dealkylation sites (N-methyl/N-ethyl adjacent to an activating group) is 1. The van der Waals surface area contributed by atoms with Crippen molar-refractivity contribution in [1.29, 1.82) is 0 Å². The SMILES string of the molecule is C[C@H](NS(=O)(=O)c1ccccc1)C(=O)N(C)Cc1nc2ccccc2[nH]1. The maximum atomic E-state index is 12.5. The molecule has 136 valence electrons. The molecular weight excluding hydrogens is 352 g/mol. The zero-order valence-corrected chi connectivity index (χ0v) is 15.3. The molecule has 0 saturated carbocycles. The second-order valence-corrected chi connectivity index (χ2v) is 7.76. The molecule has 8 heteroatoms. The van der Waals surface area contributed by atoms with E-state index < -0.39 is 16.1 Å². The summed E-state index contributed by atoms with van der Waals surface area (Å²) in [5.41, 5.74) is 1.71. The number of hydrogen-bond acceptors (Lipinski definition) is 4. The number of fused-ring (bicyclic) bond motifs is 1. The maximum Gasteiger partial charge on any atom is 0.241 e. The molecule has 0 radical (unpaired) electrons. The fourth-order valence-electron chi connectivity index (χ4n) is 2.66. The molecule has 1 amide bonds. The molecule has 2 N–H and O–H groups in total. The molecule has 0 bridgehead atoms. The number of carbonyl (C=O) groups excluding carboxylic acids is 1. The molecule has 3 rings (SSSR count). The van der Waals surface area contributed by atoms with E-state index in [4.69, 9.17) is 0 Å². The van der Waals surface area contributed by atoms with Crippen molar-refractivity contribution < 1.29 is 13.2 Å². The Bertz CT molecular complexity index is 982. The van der Waals surface area contributed by atoms with Crippen molar-refractivity contribution in [3.8, 4) is 0 Å². The van der Waals surface area contributed by atoms with Crippen LogP contribution in [0.5, 0.6) is 0 Å². The lowest BCUT2D eigenvalue weighted by atomic mass is 10.3. The van der Waals surface area contributed by atoms with Gasteiger partial charge < -0.3 is 9.88 Å². The molecule has 0 saturated heterocycles. The normalized spacial score (nSPS) is 12.8. The van der Waals surface area contributed by atoms with E-state index in [1.54, 1.807) is 25.2 Å². The van der Waals surface area contributed by atoms with Crippen LogP contribution in [0.4, 0.5) is 0 Å². The van der Waals surface area contributed by atoms with Crippen molar-refractivity contribution in [2.24, 2.45) is 0 Å². The maximum absolute atomic E-state index is 12.5. The van der Waals surface area contributed by atoms with Crippen molar-refractivity contribution in [3.05, 3.63) is 60.4 Å². The van der Waals surface area contributed by atoms with Crippen molar-refractivity contribution in [2.45, 2.75) is 24.4 Å². The molecule has 0 unspecified atom stereocenters. The molecule has 0 aliphatic heterocycles. The monoisotopic (exact) mass is 372 g/mol. The van der Waals surface area contributed by atoms with E-state index in [9.17, 15) is 13.2 Å². The molecular formula is C18H20N4O3S. The predicted octanol–water partition coefficient (Wildman–Crippen LogP) is 1.89. The van der Waals surface area contributed by atoms with Crippen LogP contribution in [0.15, 0.2) is 59.5 Å². The first-order valence-corrected chi connectivity index (χ1v) is 9.61. The molecule has 0 spiro atoms. The zero-order valence-electron chi connectivity index (χ0n) is 14.5.